The Labute approximate surface area is 285 Å². The summed E-state index contributed by atoms with van der Waals surface area (Å²) in [5, 5.41) is 24.1. The third kappa shape index (κ3) is 5.40. The fraction of sp³-hybridized carbons (Fsp3) is 0.421. The van der Waals surface area contributed by atoms with Crippen molar-refractivity contribution >= 4 is 18.0 Å². The molecule has 0 radical (unpaired) electrons. The number of hydrogen-bond donors (Lipinski definition) is 2. The molecule has 11 nitrogen and oxygen atoms in total. The number of nitrogens with zero attached hydrogens (tertiary/aromatic N) is 2. The van der Waals surface area contributed by atoms with Crippen molar-refractivity contribution in [2.75, 3.05) is 27.1 Å². The third-order valence-electron chi connectivity index (χ3n) is 10.4. The van der Waals surface area contributed by atoms with Gasteiger partial charge in [-0.3, -0.25) is 14.6 Å². The summed E-state index contributed by atoms with van der Waals surface area (Å²) in [7, 11) is 1.54. The van der Waals surface area contributed by atoms with Crippen LogP contribution in [0.3, 0.4) is 0 Å². The van der Waals surface area contributed by atoms with Gasteiger partial charge in [-0.1, -0.05) is 42.8 Å². The van der Waals surface area contributed by atoms with Crippen LogP contribution in [0.25, 0.3) is 6.08 Å². The molecule has 4 aliphatic rings. The van der Waals surface area contributed by atoms with E-state index in [1.54, 1.807) is 13.2 Å². The van der Waals surface area contributed by atoms with E-state index in [1.807, 2.05) is 62.9 Å². The van der Waals surface area contributed by atoms with Crippen molar-refractivity contribution in [3.8, 4) is 28.7 Å². The van der Waals surface area contributed by atoms with E-state index in [-0.39, 0.29) is 31.2 Å². The quantitative estimate of drug-likeness (QED) is 0.204. The van der Waals surface area contributed by atoms with Gasteiger partial charge in [-0.15, -0.1) is 0 Å². The molecule has 7 rings (SSSR count). The monoisotopic (exact) mass is 670 g/mol. The number of carbonyl (C=O) groups excluding carboxylic acids is 2. The Bertz CT molecular complexity index is 1870. The summed E-state index contributed by atoms with van der Waals surface area (Å²) < 4.78 is 29.5. The minimum atomic E-state index is -0.977. The zero-order valence-corrected chi connectivity index (χ0v) is 28.6. The third-order valence-corrected chi connectivity index (χ3v) is 10.4. The summed E-state index contributed by atoms with van der Waals surface area (Å²) in [6.07, 6.45) is 2.95. The first-order chi connectivity index (χ1) is 23.5. The molecule has 2 bridgehead atoms. The van der Waals surface area contributed by atoms with Crippen LogP contribution in [0, 0.1) is 20.8 Å². The van der Waals surface area contributed by atoms with E-state index in [0.717, 1.165) is 27.8 Å². The smallest absolute Gasteiger partial charge is 0.330 e. The maximum absolute atomic E-state index is 13.2. The average molecular weight is 671 g/mol. The number of benzene rings is 3. The topological polar surface area (TPSA) is 127 Å². The number of aliphatic hydroxyl groups is 1. The zero-order chi connectivity index (χ0) is 34.7. The van der Waals surface area contributed by atoms with E-state index in [0.29, 0.717) is 59.1 Å². The molecule has 49 heavy (non-hydrogen) atoms. The lowest BCUT2D eigenvalue weighted by molar-refractivity contribution is -0.186. The number of aromatic hydroxyl groups is 1. The second kappa shape index (κ2) is 12.7. The van der Waals surface area contributed by atoms with Crippen LogP contribution < -0.4 is 18.9 Å². The summed E-state index contributed by atoms with van der Waals surface area (Å²) in [5.74, 6) is 0.749. The summed E-state index contributed by atoms with van der Waals surface area (Å²) in [4.78, 5) is 29.9. The maximum atomic E-state index is 13.2. The molecule has 0 aliphatic carbocycles. The van der Waals surface area contributed by atoms with Crippen molar-refractivity contribution in [1.29, 1.82) is 0 Å². The highest BCUT2D eigenvalue weighted by molar-refractivity contribution is 5.87. The standard InChI is InChI=1S/C38H42N2O9/c1-7-39-27-15-24-14-20(3)34(45-6)33(43)30(24)32(39)26-16-25-31(37-36(47-18-48-37)21(4)35(25)49-22(5)41)28(40(26)38(27)44)17-46-29(42)12-11-23-10-8-9-19(2)13-23/h8-14,26-28,32,38,43-44H,7,15-18H2,1-6H3/b12-11+/t26?,27-,28-,32-,38-/m0/s1. The van der Waals surface area contributed by atoms with E-state index >= 15 is 0 Å². The predicted octanol–water partition coefficient (Wildman–Crippen LogP) is 4.82. The van der Waals surface area contributed by atoms with Crippen LogP contribution in [0.15, 0.2) is 36.4 Å². The first-order valence-electron chi connectivity index (χ1n) is 16.7. The van der Waals surface area contributed by atoms with Gasteiger partial charge in [-0.2, -0.15) is 0 Å². The lowest BCUT2D eigenvalue weighted by Gasteiger charge is -2.60. The molecule has 0 spiro atoms. The highest BCUT2D eigenvalue weighted by Gasteiger charge is 2.57. The lowest BCUT2D eigenvalue weighted by atomic mass is 9.73. The molecule has 1 saturated heterocycles. The van der Waals surface area contributed by atoms with Crippen LogP contribution in [0.2, 0.25) is 0 Å². The van der Waals surface area contributed by atoms with Gasteiger partial charge in [0.1, 0.15) is 18.6 Å². The number of esters is 2. The van der Waals surface area contributed by atoms with Gasteiger partial charge in [0, 0.05) is 41.3 Å². The number of aryl methyl sites for hydroxylation is 2. The molecule has 5 atom stereocenters. The van der Waals surface area contributed by atoms with Crippen LogP contribution in [0.5, 0.6) is 28.7 Å². The average Bonchev–Trinajstić information content (AvgIpc) is 3.56. The molecule has 2 N–H and O–H groups in total. The van der Waals surface area contributed by atoms with Gasteiger partial charge in [0.25, 0.3) is 0 Å². The van der Waals surface area contributed by atoms with Crippen molar-refractivity contribution in [3.63, 3.8) is 0 Å². The SMILES string of the molecule is CCN1[C@@H]2c3c(cc(C)c(OC)c3O)C[C@H]1[C@H](O)N1C2Cc2c(OC(C)=O)c(C)c3c(c2[C@@H]1COC(=O)/C=C/c1cccc(C)c1)OCO3. The van der Waals surface area contributed by atoms with E-state index in [2.05, 4.69) is 4.90 Å². The van der Waals surface area contributed by atoms with Crippen molar-refractivity contribution in [3.05, 3.63) is 80.9 Å². The van der Waals surface area contributed by atoms with E-state index in [1.165, 1.54) is 13.0 Å². The Morgan fingerprint density at radius 2 is 1.82 bits per heavy atom. The van der Waals surface area contributed by atoms with Gasteiger partial charge < -0.3 is 33.9 Å². The Balaban J connectivity index is 1.37. The molecule has 3 aromatic carbocycles. The van der Waals surface area contributed by atoms with Crippen molar-refractivity contribution in [2.45, 2.75) is 77.9 Å². The number of rotatable bonds is 7. The number of ether oxygens (including phenoxy) is 5. The van der Waals surface area contributed by atoms with Gasteiger partial charge in [0.2, 0.25) is 6.79 Å². The summed E-state index contributed by atoms with van der Waals surface area (Å²) in [6.45, 7) is 9.55. The predicted molar refractivity (Wildman–Crippen MR) is 180 cm³/mol. The lowest BCUT2D eigenvalue weighted by Crippen LogP contribution is -2.69. The van der Waals surface area contributed by atoms with E-state index in [4.69, 9.17) is 23.7 Å². The molecule has 4 heterocycles. The zero-order valence-electron chi connectivity index (χ0n) is 28.6. The minimum absolute atomic E-state index is 0.0287. The van der Waals surface area contributed by atoms with Crippen LogP contribution >= 0.6 is 0 Å². The molecule has 0 saturated carbocycles. The van der Waals surface area contributed by atoms with Gasteiger partial charge in [0.05, 0.1) is 25.2 Å². The molecule has 3 aromatic rings. The number of likely N-dealkylation sites (N-methyl/N-ethyl adjacent to an activating group) is 1. The molecule has 258 valence electrons. The number of carbonyl (C=O) groups is 2. The molecular weight excluding hydrogens is 628 g/mol. The van der Waals surface area contributed by atoms with Gasteiger partial charge in [-0.25, -0.2) is 4.79 Å². The first-order valence-corrected chi connectivity index (χ1v) is 16.7. The highest BCUT2D eigenvalue weighted by atomic mass is 16.7. The maximum Gasteiger partial charge on any atom is 0.330 e. The molecule has 0 amide bonds. The minimum Gasteiger partial charge on any atom is -0.504 e. The fourth-order valence-corrected chi connectivity index (χ4v) is 8.51. The molecular formula is C38H42N2O9. The Hall–Kier alpha value is -4.58. The van der Waals surface area contributed by atoms with Crippen LogP contribution in [-0.4, -0.2) is 77.3 Å². The second-order valence-electron chi connectivity index (χ2n) is 13.2. The Kier molecular flexibility index (Phi) is 8.54. The van der Waals surface area contributed by atoms with Crippen molar-refractivity contribution in [2.24, 2.45) is 0 Å². The first kappa shape index (κ1) is 32.9. The van der Waals surface area contributed by atoms with Crippen LogP contribution in [-0.2, 0) is 27.2 Å². The van der Waals surface area contributed by atoms with Crippen LogP contribution in [0.1, 0.15) is 70.4 Å². The summed E-state index contributed by atoms with van der Waals surface area (Å²) in [5.41, 5.74) is 6.43. The molecule has 0 aromatic heterocycles. The number of phenols is 1. The largest absolute Gasteiger partial charge is 0.504 e. The van der Waals surface area contributed by atoms with Gasteiger partial charge in [-0.05, 0) is 62.9 Å². The normalized spacial score (nSPS) is 23.9. The van der Waals surface area contributed by atoms with E-state index < -0.39 is 30.3 Å². The summed E-state index contributed by atoms with van der Waals surface area (Å²) >= 11 is 0. The Morgan fingerprint density at radius 1 is 1.04 bits per heavy atom. The van der Waals surface area contributed by atoms with Crippen LogP contribution in [0.4, 0.5) is 0 Å². The molecule has 11 heteroatoms. The molecule has 1 unspecified atom stereocenters. The fourth-order valence-electron chi connectivity index (χ4n) is 8.51. The Morgan fingerprint density at radius 3 is 2.53 bits per heavy atom. The van der Waals surface area contributed by atoms with Gasteiger partial charge >= 0.3 is 11.9 Å². The van der Waals surface area contributed by atoms with Crippen molar-refractivity contribution < 1.29 is 43.5 Å². The number of hydrogen-bond acceptors (Lipinski definition) is 11. The van der Waals surface area contributed by atoms with Gasteiger partial charge in [0.15, 0.2) is 23.0 Å². The number of fused-ring (bicyclic) bond motifs is 9. The second-order valence-corrected chi connectivity index (χ2v) is 13.2. The number of piperazine rings is 1. The number of aliphatic hydroxyl groups excluding tert-OH is 1. The van der Waals surface area contributed by atoms with E-state index in [9.17, 15) is 19.8 Å². The van der Waals surface area contributed by atoms with Crippen molar-refractivity contribution in [1.82, 2.24) is 9.80 Å². The molecule has 1 fully saturated rings. The number of methoxy groups -OCH3 is 1. The number of phenolic OH excluding ortho intramolecular Hbond substituents is 1. The molecule has 4 aliphatic heterocycles. The highest BCUT2D eigenvalue weighted by Crippen LogP contribution is 2.58. The summed E-state index contributed by atoms with van der Waals surface area (Å²) in [6, 6.07) is 7.98.